The van der Waals surface area contributed by atoms with Gasteiger partial charge in [-0.2, -0.15) is 0 Å². The van der Waals surface area contributed by atoms with Gasteiger partial charge in [0, 0.05) is 25.1 Å². The summed E-state index contributed by atoms with van der Waals surface area (Å²) in [5.74, 6) is 1.41. The van der Waals surface area contributed by atoms with Crippen molar-refractivity contribution in [2.45, 2.75) is 50.7 Å². The Kier molecular flexibility index (Phi) is 5.46. The average Bonchev–Trinajstić information content (AvgIpc) is 3.17. The minimum Gasteiger partial charge on any atom is -0.497 e. The van der Waals surface area contributed by atoms with Crippen LogP contribution < -0.4 is 9.47 Å². The van der Waals surface area contributed by atoms with Crippen molar-refractivity contribution in [3.05, 3.63) is 23.8 Å². The number of benzene rings is 1. The maximum absolute atomic E-state index is 12.8. The second kappa shape index (κ2) is 7.76. The third-order valence-corrected chi connectivity index (χ3v) is 5.13. The Morgan fingerprint density at radius 3 is 2.64 bits per heavy atom. The van der Waals surface area contributed by atoms with Crippen molar-refractivity contribution in [3.8, 4) is 11.5 Å². The summed E-state index contributed by atoms with van der Waals surface area (Å²) in [4.78, 5) is 20.1. The Morgan fingerprint density at radius 2 is 1.96 bits per heavy atom. The lowest BCUT2D eigenvalue weighted by Crippen LogP contribution is -2.43. The Hall–Kier alpha value is -2.24. The van der Waals surface area contributed by atoms with Gasteiger partial charge in [-0.25, -0.2) is 0 Å². The molecule has 1 fully saturated rings. The molecule has 6 heteroatoms. The van der Waals surface area contributed by atoms with E-state index in [1.54, 1.807) is 14.2 Å². The number of nitrogens with zero attached hydrogens (tertiary/aromatic N) is 2. The van der Waals surface area contributed by atoms with Crippen LogP contribution in [0.2, 0.25) is 0 Å². The van der Waals surface area contributed by atoms with Crippen molar-refractivity contribution >= 4 is 11.6 Å². The fraction of sp³-hybridized carbons (Fsp3) is 0.579. The van der Waals surface area contributed by atoms with E-state index in [0.29, 0.717) is 29.7 Å². The molecule has 1 heterocycles. The van der Waals surface area contributed by atoms with Gasteiger partial charge >= 0.3 is 0 Å². The van der Waals surface area contributed by atoms with E-state index in [0.717, 1.165) is 18.4 Å². The standard InChI is InChI=1S/C19H26N2O4/c1-21(13-7-5-4-6-8-13)19(22)18-12-16(20-25-18)15-11-14(23-2)9-10-17(15)24-3/h9-11,13,18H,4-8,12H2,1-3H3/t18-/m1/s1. The maximum Gasteiger partial charge on any atom is 0.266 e. The molecule has 2 aliphatic rings. The van der Waals surface area contributed by atoms with Crippen LogP contribution in [0.15, 0.2) is 23.4 Å². The van der Waals surface area contributed by atoms with Crippen LogP contribution in [0.3, 0.4) is 0 Å². The highest BCUT2D eigenvalue weighted by atomic mass is 16.6. The molecule has 0 aromatic heterocycles. The van der Waals surface area contributed by atoms with Crippen molar-refractivity contribution < 1.29 is 19.1 Å². The number of methoxy groups -OCH3 is 2. The fourth-order valence-corrected chi connectivity index (χ4v) is 3.58. The number of amides is 1. The minimum absolute atomic E-state index is 0.00696. The number of likely N-dealkylation sites (N-methyl/N-ethyl adjacent to an activating group) is 1. The van der Waals surface area contributed by atoms with Gasteiger partial charge in [0.15, 0.2) is 0 Å². The fourth-order valence-electron chi connectivity index (χ4n) is 3.58. The maximum atomic E-state index is 12.8. The van der Waals surface area contributed by atoms with E-state index in [1.807, 2.05) is 30.1 Å². The molecule has 136 valence electrons. The van der Waals surface area contributed by atoms with Gasteiger partial charge in [0.1, 0.15) is 11.5 Å². The van der Waals surface area contributed by atoms with Crippen LogP contribution >= 0.6 is 0 Å². The van der Waals surface area contributed by atoms with Gasteiger partial charge in [-0.3, -0.25) is 4.79 Å². The molecule has 1 aliphatic heterocycles. The molecule has 25 heavy (non-hydrogen) atoms. The second-order valence-electron chi connectivity index (χ2n) is 6.64. The topological polar surface area (TPSA) is 60.4 Å². The summed E-state index contributed by atoms with van der Waals surface area (Å²) in [7, 11) is 5.11. The molecule has 0 saturated heterocycles. The van der Waals surface area contributed by atoms with Crippen molar-refractivity contribution in [2.24, 2.45) is 5.16 Å². The van der Waals surface area contributed by atoms with Crippen molar-refractivity contribution in [3.63, 3.8) is 0 Å². The molecule has 0 bridgehead atoms. The Bertz CT molecular complexity index is 653. The quantitative estimate of drug-likeness (QED) is 0.822. The van der Waals surface area contributed by atoms with Gasteiger partial charge in [-0.1, -0.05) is 24.4 Å². The highest BCUT2D eigenvalue weighted by molar-refractivity contribution is 6.06. The third kappa shape index (κ3) is 3.72. The summed E-state index contributed by atoms with van der Waals surface area (Å²) in [6.45, 7) is 0. The molecule has 0 spiro atoms. The molecule has 1 aromatic rings. The summed E-state index contributed by atoms with van der Waals surface area (Å²) in [5, 5.41) is 4.15. The number of ether oxygens (including phenoxy) is 2. The molecule has 1 aromatic carbocycles. The molecular weight excluding hydrogens is 320 g/mol. The second-order valence-corrected chi connectivity index (χ2v) is 6.64. The van der Waals surface area contributed by atoms with Gasteiger partial charge in [-0.05, 0) is 31.0 Å². The monoisotopic (exact) mass is 346 g/mol. The van der Waals surface area contributed by atoms with E-state index in [9.17, 15) is 4.79 Å². The van der Waals surface area contributed by atoms with E-state index < -0.39 is 6.10 Å². The molecule has 0 unspecified atom stereocenters. The van der Waals surface area contributed by atoms with Crippen LogP contribution in [0, 0.1) is 0 Å². The zero-order valence-electron chi connectivity index (χ0n) is 15.2. The van der Waals surface area contributed by atoms with Gasteiger partial charge in [0.05, 0.1) is 19.9 Å². The normalized spacial score (nSPS) is 20.6. The van der Waals surface area contributed by atoms with E-state index in [-0.39, 0.29) is 5.91 Å². The molecule has 1 atom stereocenters. The molecule has 0 radical (unpaired) electrons. The first-order chi connectivity index (χ1) is 12.1. The number of oxime groups is 1. The summed E-state index contributed by atoms with van der Waals surface area (Å²) >= 11 is 0. The van der Waals surface area contributed by atoms with Crippen molar-refractivity contribution in [1.29, 1.82) is 0 Å². The number of hydrogen-bond acceptors (Lipinski definition) is 5. The van der Waals surface area contributed by atoms with Gasteiger partial charge in [0.2, 0.25) is 6.10 Å². The number of carbonyl (C=O) groups is 1. The highest BCUT2D eigenvalue weighted by Crippen LogP contribution is 2.30. The number of carbonyl (C=O) groups excluding carboxylic acids is 1. The minimum atomic E-state index is -0.558. The molecule has 6 nitrogen and oxygen atoms in total. The predicted octanol–water partition coefficient (Wildman–Crippen LogP) is 2.99. The Labute approximate surface area is 148 Å². The lowest BCUT2D eigenvalue weighted by Gasteiger charge is -2.32. The van der Waals surface area contributed by atoms with Gasteiger partial charge in [-0.15, -0.1) is 0 Å². The smallest absolute Gasteiger partial charge is 0.266 e. The molecular formula is C19H26N2O4. The van der Waals surface area contributed by atoms with Crippen molar-refractivity contribution in [2.75, 3.05) is 21.3 Å². The zero-order chi connectivity index (χ0) is 17.8. The molecule has 1 amide bonds. The molecule has 0 N–H and O–H groups in total. The Balaban J connectivity index is 1.69. The van der Waals surface area contributed by atoms with E-state index in [1.165, 1.54) is 19.3 Å². The van der Waals surface area contributed by atoms with Crippen LogP contribution in [0.5, 0.6) is 11.5 Å². The summed E-state index contributed by atoms with van der Waals surface area (Å²) in [6.07, 6.45) is 5.69. The lowest BCUT2D eigenvalue weighted by atomic mass is 9.94. The van der Waals surface area contributed by atoms with Gasteiger partial charge < -0.3 is 19.2 Å². The molecule has 3 rings (SSSR count). The van der Waals surface area contributed by atoms with E-state index in [4.69, 9.17) is 14.3 Å². The van der Waals surface area contributed by atoms with Gasteiger partial charge in [0.25, 0.3) is 5.91 Å². The van der Waals surface area contributed by atoms with Crippen LogP contribution in [-0.2, 0) is 9.63 Å². The summed E-state index contributed by atoms with van der Waals surface area (Å²) in [5.41, 5.74) is 1.52. The molecule has 1 saturated carbocycles. The average molecular weight is 346 g/mol. The van der Waals surface area contributed by atoms with E-state index >= 15 is 0 Å². The number of rotatable bonds is 5. The number of hydrogen-bond donors (Lipinski definition) is 0. The lowest BCUT2D eigenvalue weighted by molar-refractivity contribution is -0.143. The van der Waals surface area contributed by atoms with Crippen LogP contribution in [0.1, 0.15) is 44.1 Å². The molecule has 1 aliphatic carbocycles. The van der Waals surface area contributed by atoms with E-state index in [2.05, 4.69) is 5.16 Å². The summed E-state index contributed by atoms with van der Waals surface area (Å²) in [6, 6.07) is 5.84. The first-order valence-corrected chi connectivity index (χ1v) is 8.85. The van der Waals surface area contributed by atoms with Crippen LogP contribution in [0.4, 0.5) is 0 Å². The largest absolute Gasteiger partial charge is 0.497 e. The SMILES string of the molecule is COc1ccc(OC)c(C2=NO[C@@H](C(=O)N(C)C3CCCCC3)C2)c1. The predicted molar refractivity (Wildman–Crippen MR) is 95.2 cm³/mol. The van der Waals surface area contributed by atoms with Crippen molar-refractivity contribution in [1.82, 2.24) is 4.90 Å². The zero-order valence-corrected chi connectivity index (χ0v) is 15.2. The Morgan fingerprint density at radius 1 is 1.20 bits per heavy atom. The first-order valence-electron chi connectivity index (χ1n) is 8.85. The highest BCUT2D eigenvalue weighted by Gasteiger charge is 2.34. The van der Waals surface area contributed by atoms with Crippen LogP contribution in [-0.4, -0.2) is 49.9 Å². The summed E-state index contributed by atoms with van der Waals surface area (Å²) < 4.78 is 10.7. The van der Waals surface area contributed by atoms with Crippen LogP contribution in [0.25, 0.3) is 0 Å². The first kappa shape index (κ1) is 17.6. The third-order valence-electron chi connectivity index (χ3n) is 5.13.